The number of benzene rings is 1. The normalized spacial score (nSPS) is 16.9. The molecule has 2 aromatic rings. The van der Waals surface area contributed by atoms with Gasteiger partial charge in [0.2, 0.25) is 5.91 Å². The van der Waals surface area contributed by atoms with Crippen molar-refractivity contribution < 1.29 is 9.21 Å². The molecular weight excluding hydrogens is 250 g/mol. The first kappa shape index (κ1) is 13.0. The van der Waals surface area contributed by atoms with Crippen LogP contribution in [-0.4, -0.2) is 12.5 Å². The van der Waals surface area contributed by atoms with Gasteiger partial charge in [-0.1, -0.05) is 24.3 Å². The van der Waals surface area contributed by atoms with Crippen LogP contribution < -0.4 is 5.32 Å². The maximum absolute atomic E-state index is 12.0. The van der Waals surface area contributed by atoms with Crippen molar-refractivity contribution in [2.75, 3.05) is 6.54 Å². The van der Waals surface area contributed by atoms with Crippen molar-refractivity contribution in [3.63, 3.8) is 0 Å². The van der Waals surface area contributed by atoms with Gasteiger partial charge in [0, 0.05) is 19.4 Å². The zero-order valence-electron chi connectivity index (χ0n) is 11.5. The third-order valence-corrected chi connectivity index (χ3v) is 3.96. The molecule has 0 radical (unpaired) electrons. The first-order chi connectivity index (χ1) is 9.83. The molecule has 1 amide bonds. The van der Waals surface area contributed by atoms with Gasteiger partial charge in [0.1, 0.15) is 5.76 Å². The quantitative estimate of drug-likeness (QED) is 0.906. The van der Waals surface area contributed by atoms with E-state index in [1.165, 1.54) is 11.1 Å². The first-order valence-electron chi connectivity index (χ1n) is 7.20. The van der Waals surface area contributed by atoms with Gasteiger partial charge in [0.15, 0.2) is 0 Å². The summed E-state index contributed by atoms with van der Waals surface area (Å²) in [5, 5.41) is 2.98. The Hall–Kier alpha value is -2.03. The Morgan fingerprint density at radius 2 is 2.15 bits per heavy atom. The highest BCUT2D eigenvalue weighted by atomic mass is 16.3. The van der Waals surface area contributed by atoms with Gasteiger partial charge < -0.3 is 9.73 Å². The molecule has 0 saturated carbocycles. The Balaban J connectivity index is 1.48. The molecule has 3 nitrogen and oxygen atoms in total. The highest BCUT2D eigenvalue weighted by Gasteiger charge is 2.23. The fourth-order valence-electron chi connectivity index (χ4n) is 2.93. The van der Waals surface area contributed by atoms with E-state index in [0.717, 1.165) is 25.0 Å². The lowest BCUT2D eigenvalue weighted by Gasteiger charge is -2.11. The Morgan fingerprint density at radius 3 is 3.00 bits per heavy atom. The van der Waals surface area contributed by atoms with Gasteiger partial charge in [-0.3, -0.25) is 4.79 Å². The van der Waals surface area contributed by atoms with Crippen LogP contribution in [-0.2, 0) is 17.6 Å². The van der Waals surface area contributed by atoms with Crippen molar-refractivity contribution in [2.24, 2.45) is 0 Å². The molecule has 1 aromatic heterocycles. The number of hydrogen-bond acceptors (Lipinski definition) is 2. The summed E-state index contributed by atoms with van der Waals surface area (Å²) in [7, 11) is 0. The zero-order chi connectivity index (χ0) is 13.8. The fraction of sp³-hybridized carbons (Fsp3) is 0.353. The molecule has 3 rings (SSSR count). The highest BCUT2D eigenvalue weighted by molar-refractivity contribution is 5.77. The minimum absolute atomic E-state index is 0.137. The van der Waals surface area contributed by atoms with Gasteiger partial charge in [-0.25, -0.2) is 0 Å². The van der Waals surface area contributed by atoms with Crippen molar-refractivity contribution in [1.82, 2.24) is 5.32 Å². The zero-order valence-corrected chi connectivity index (χ0v) is 11.5. The minimum atomic E-state index is 0.137. The van der Waals surface area contributed by atoms with Crippen LogP contribution in [0.25, 0.3) is 0 Å². The van der Waals surface area contributed by atoms with Crippen LogP contribution in [0.3, 0.4) is 0 Å². The maximum Gasteiger partial charge on any atom is 0.220 e. The Bertz CT molecular complexity index is 574. The third kappa shape index (κ3) is 2.93. The van der Waals surface area contributed by atoms with E-state index in [9.17, 15) is 4.79 Å². The Morgan fingerprint density at radius 1 is 1.25 bits per heavy atom. The number of amides is 1. The topological polar surface area (TPSA) is 42.2 Å². The minimum Gasteiger partial charge on any atom is -0.469 e. The molecule has 0 bridgehead atoms. The third-order valence-electron chi connectivity index (χ3n) is 3.96. The second-order valence-corrected chi connectivity index (χ2v) is 5.32. The molecule has 0 spiro atoms. The SMILES string of the molecule is O=C(C[C@H]1CCc2ccccc21)NCCc1ccco1. The molecule has 0 unspecified atom stereocenters. The lowest BCUT2D eigenvalue weighted by atomic mass is 9.97. The summed E-state index contributed by atoms with van der Waals surface area (Å²) in [6.45, 7) is 0.640. The van der Waals surface area contributed by atoms with Gasteiger partial charge in [-0.15, -0.1) is 0 Å². The number of rotatable bonds is 5. The maximum atomic E-state index is 12.0. The molecule has 1 aromatic carbocycles. The summed E-state index contributed by atoms with van der Waals surface area (Å²) in [5.41, 5.74) is 2.76. The van der Waals surface area contributed by atoms with Gasteiger partial charge >= 0.3 is 0 Å². The standard InChI is InChI=1S/C17H19NO2/c19-17(18-10-9-15-5-3-11-20-15)12-14-8-7-13-4-1-2-6-16(13)14/h1-6,11,14H,7-10,12H2,(H,18,19)/t14-/m1/s1. The van der Waals surface area contributed by atoms with Crippen LogP contribution in [0.5, 0.6) is 0 Å². The molecule has 1 aliphatic rings. The molecule has 104 valence electrons. The number of carbonyl (C=O) groups is 1. The predicted octanol–water partition coefficient (Wildman–Crippen LogP) is 3.06. The van der Waals surface area contributed by atoms with E-state index in [2.05, 4.69) is 29.6 Å². The second-order valence-electron chi connectivity index (χ2n) is 5.32. The van der Waals surface area contributed by atoms with Crippen molar-refractivity contribution in [3.8, 4) is 0 Å². The van der Waals surface area contributed by atoms with Crippen LogP contribution >= 0.6 is 0 Å². The molecule has 1 heterocycles. The number of carbonyl (C=O) groups excluding carboxylic acids is 1. The van der Waals surface area contributed by atoms with Crippen LogP contribution in [0, 0.1) is 0 Å². The average molecular weight is 269 g/mol. The van der Waals surface area contributed by atoms with Crippen molar-refractivity contribution in [1.29, 1.82) is 0 Å². The molecule has 0 fully saturated rings. The molecule has 1 N–H and O–H groups in total. The molecule has 0 aliphatic heterocycles. The van der Waals surface area contributed by atoms with E-state index in [1.807, 2.05) is 12.1 Å². The Labute approximate surface area is 119 Å². The lowest BCUT2D eigenvalue weighted by Crippen LogP contribution is -2.26. The predicted molar refractivity (Wildman–Crippen MR) is 77.5 cm³/mol. The largest absolute Gasteiger partial charge is 0.469 e. The summed E-state index contributed by atoms with van der Waals surface area (Å²) < 4.78 is 5.24. The van der Waals surface area contributed by atoms with E-state index in [0.29, 0.717) is 18.9 Å². The number of hydrogen-bond donors (Lipinski definition) is 1. The first-order valence-corrected chi connectivity index (χ1v) is 7.20. The van der Waals surface area contributed by atoms with Gasteiger partial charge in [-0.05, 0) is 42.0 Å². The summed E-state index contributed by atoms with van der Waals surface area (Å²) >= 11 is 0. The fourth-order valence-corrected chi connectivity index (χ4v) is 2.93. The van der Waals surface area contributed by atoms with Crippen LogP contribution in [0.15, 0.2) is 47.1 Å². The van der Waals surface area contributed by atoms with Gasteiger partial charge in [0.25, 0.3) is 0 Å². The van der Waals surface area contributed by atoms with Crippen LogP contribution in [0.2, 0.25) is 0 Å². The van der Waals surface area contributed by atoms with Crippen LogP contribution in [0.4, 0.5) is 0 Å². The molecule has 1 atom stereocenters. The van der Waals surface area contributed by atoms with E-state index in [1.54, 1.807) is 6.26 Å². The number of furan rings is 1. The van der Waals surface area contributed by atoms with E-state index >= 15 is 0 Å². The Kier molecular flexibility index (Phi) is 3.86. The van der Waals surface area contributed by atoms with E-state index in [-0.39, 0.29) is 5.91 Å². The van der Waals surface area contributed by atoms with Crippen molar-refractivity contribution in [3.05, 3.63) is 59.5 Å². The van der Waals surface area contributed by atoms with E-state index in [4.69, 9.17) is 4.42 Å². The highest BCUT2D eigenvalue weighted by Crippen LogP contribution is 2.34. The molecule has 3 heteroatoms. The second kappa shape index (κ2) is 5.95. The number of nitrogens with one attached hydrogen (secondary N) is 1. The monoisotopic (exact) mass is 269 g/mol. The molecule has 1 aliphatic carbocycles. The molecule has 0 saturated heterocycles. The smallest absolute Gasteiger partial charge is 0.220 e. The summed E-state index contributed by atoms with van der Waals surface area (Å²) in [5.74, 6) is 1.43. The lowest BCUT2D eigenvalue weighted by molar-refractivity contribution is -0.121. The van der Waals surface area contributed by atoms with Crippen LogP contribution in [0.1, 0.15) is 35.6 Å². The number of fused-ring (bicyclic) bond motifs is 1. The molecular formula is C17H19NO2. The summed E-state index contributed by atoms with van der Waals surface area (Å²) in [6, 6.07) is 12.3. The average Bonchev–Trinajstić information content (AvgIpc) is 3.09. The van der Waals surface area contributed by atoms with E-state index < -0.39 is 0 Å². The number of aryl methyl sites for hydroxylation is 1. The molecule has 20 heavy (non-hydrogen) atoms. The summed E-state index contributed by atoms with van der Waals surface area (Å²) in [4.78, 5) is 12.0. The van der Waals surface area contributed by atoms with Gasteiger partial charge in [-0.2, -0.15) is 0 Å². The van der Waals surface area contributed by atoms with Crippen molar-refractivity contribution in [2.45, 2.75) is 31.6 Å². The van der Waals surface area contributed by atoms with Gasteiger partial charge in [0.05, 0.1) is 6.26 Å². The van der Waals surface area contributed by atoms with Crippen molar-refractivity contribution >= 4 is 5.91 Å². The summed E-state index contributed by atoms with van der Waals surface area (Å²) in [6.07, 6.45) is 5.19.